The second-order valence-corrected chi connectivity index (χ2v) is 9.62. The lowest BCUT2D eigenvalue weighted by molar-refractivity contribution is -0.114. The number of thiazole rings is 1. The van der Waals surface area contributed by atoms with Gasteiger partial charge in [0, 0.05) is 10.4 Å². The SMILES string of the molecule is O=C(CN1c2cccc3cccc(c23)S1(=O)=O)Nc1nc2ccc(Cl)cc2s1. The van der Waals surface area contributed by atoms with Crippen LogP contribution in [0.3, 0.4) is 0 Å². The molecule has 0 fully saturated rings. The number of hydrogen-bond donors (Lipinski definition) is 1. The number of fused-ring (bicyclic) bond motifs is 1. The van der Waals surface area contributed by atoms with Crippen molar-refractivity contribution < 1.29 is 13.2 Å². The predicted octanol–water partition coefficient (Wildman–Crippen LogP) is 4.25. The summed E-state index contributed by atoms with van der Waals surface area (Å²) in [4.78, 5) is 17.2. The summed E-state index contributed by atoms with van der Waals surface area (Å²) in [6.45, 7) is -0.327. The zero-order valence-corrected chi connectivity index (χ0v) is 16.6. The minimum absolute atomic E-state index is 0.225. The molecule has 0 unspecified atom stereocenters. The van der Waals surface area contributed by atoms with Crippen molar-refractivity contribution in [1.82, 2.24) is 4.98 Å². The molecule has 6 nitrogen and oxygen atoms in total. The Hall–Kier alpha value is -2.68. The van der Waals surface area contributed by atoms with Crippen LogP contribution in [0.15, 0.2) is 59.5 Å². The first-order valence-corrected chi connectivity index (χ1v) is 11.0. The van der Waals surface area contributed by atoms with E-state index in [1.807, 2.05) is 12.1 Å². The molecule has 1 amide bonds. The van der Waals surface area contributed by atoms with Gasteiger partial charge in [-0.1, -0.05) is 47.2 Å². The minimum Gasteiger partial charge on any atom is -0.300 e. The first-order chi connectivity index (χ1) is 13.4. The number of nitrogens with one attached hydrogen (secondary N) is 1. The van der Waals surface area contributed by atoms with Gasteiger partial charge >= 0.3 is 0 Å². The zero-order chi connectivity index (χ0) is 19.5. The van der Waals surface area contributed by atoms with Crippen molar-refractivity contribution in [3.63, 3.8) is 0 Å². The van der Waals surface area contributed by atoms with Crippen molar-refractivity contribution in [3.05, 3.63) is 59.6 Å². The number of nitrogens with zero attached hydrogens (tertiary/aromatic N) is 2. The van der Waals surface area contributed by atoms with Crippen molar-refractivity contribution in [2.75, 3.05) is 16.2 Å². The number of rotatable bonds is 3. The molecule has 140 valence electrons. The van der Waals surface area contributed by atoms with Crippen molar-refractivity contribution in [2.24, 2.45) is 0 Å². The molecule has 0 aliphatic carbocycles. The molecule has 0 spiro atoms. The third-order valence-corrected chi connectivity index (χ3v) is 7.54. The Labute approximate surface area is 169 Å². The molecule has 0 radical (unpaired) electrons. The van der Waals surface area contributed by atoms with E-state index in [2.05, 4.69) is 10.3 Å². The molecule has 1 aliphatic heterocycles. The topological polar surface area (TPSA) is 79.4 Å². The van der Waals surface area contributed by atoms with Gasteiger partial charge in [-0.05, 0) is 35.7 Å². The van der Waals surface area contributed by atoms with Gasteiger partial charge in [0.25, 0.3) is 10.0 Å². The van der Waals surface area contributed by atoms with Crippen molar-refractivity contribution in [3.8, 4) is 0 Å². The normalized spacial score (nSPS) is 14.7. The van der Waals surface area contributed by atoms with Crippen LogP contribution in [0.5, 0.6) is 0 Å². The Morgan fingerprint density at radius 3 is 2.75 bits per heavy atom. The van der Waals surface area contributed by atoms with E-state index in [0.717, 1.165) is 19.9 Å². The van der Waals surface area contributed by atoms with Crippen LogP contribution in [0.1, 0.15) is 0 Å². The van der Waals surface area contributed by atoms with Gasteiger partial charge in [0.15, 0.2) is 5.13 Å². The van der Waals surface area contributed by atoms with Crippen LogP contribution in [0.25, 0.3) is 21.0 Å². The van der Waals surface area contributed by atoms with Gasteiger partial charge in [-0.3, -0.25) is 9.10 Å². The number of carbonyl (C=O) groups excluding carboxylic acids is 1. The standard InChI is InChI=1S/C19H12ClN3O3S2/c20-12-7-8-13-15(9-12)27-19(21-13)22-17(24)10-23-14-5-1-3-11-4-2-6-16(18(11)14)28(23,25)26/h1-9H,10H2,(H,21,22,24). The second kappa shape index (κ2) is 6.16. The monoisotopic (exact) mass is 429 g/mol. The highest BCUT2D eigenvalue weighted by Gasteiger charge is 2.36. The molecule has 3 aromatic carbocycles. The molecule has 4 aromatic rings. The highest BCUT2D eigenvalue weighted by atomic mass is 35.5. The van der Waals surface area contributed by atoms with E-state index < -0.39 is 15.9 Å². The highest BCUT2D eigenvalue weighted by Crippen LogP contribution is 2.41. The molecule has 0 saturated carbocycles. The number of aromatic nitrogens is 1. The molecular formula is C19H12ClN3O3S2. The van der Waals surface area contributed by atoms with Gasteiger partial charge in [0.2, 0.25) is 5.91 Å². The average molecular weight is 430 g/mol. The van der Waals surface area contributed by atoms with Crippen LogP contribution >= 0.6 is 22.9 Å². The molecular weight excluding hydrogens is 418 g/mol. The number of carbonyl (C=O) groups is 1. The predicted molar refractivity (Wildman–Crippen MR) is 112 cm³/mol. The van der Waals surface area contributed by atoms with Crippen LogP contribution in [0, 0.1) is 0 Å². The number of amides is 1. The molecule has 5 rings (SSSR count). The summed E-state index contributed by atoms with van der Waals surface area (Å²) in [7, 11) is -3.78. The highest BCUT2D eigenvalue weighted by molar-refractivity contribution is 7.93. The fourth-order valence-electron chi connectivity index (χ4n) is 3.37. The molecule has 1 N–H and O–H groups in total. The van der Waals surface area contributed by atoms with Crippen molar-refractivity contribution in [2.45, 2.75) is 4.90 Å². The quantitative estimate of drug-likeness (QED) is 0.528. The van der Waals surface area contributed by atoms with Crippen LogP contribution in [-0.4, -0.2) is 25.9 Å². The minimum atomic E-state index is -3.78. The number of benzene rings is 3. The summed E-state index contributed by atoms with van der Waals surface area (Å²) >= 11 is 7.26. The maximum absolute atomic E-state index is 12.9. The number of hydrogen-bond acceptors (Lipinski definition) is 5. The number of anilines is 2. The Morgan fingerprint density at radius 1 is 1.14 bits per heavy atom. The third kappa shape index (κ3) is 2.64. The lowest BCUT2D eigenvalue weighted by atomic mass is 10.1. The maximum Gasteiger partial charge on any atom is 0.265 e. The number of sulfonamides is 1. The van der Waals surface area contributed by atoms with Crippen LogP contribution in [0.2, 0.25) is 5.02 Å². The van der Waals surface area contributed by atoms with E-state index in [-0.39, 0.29) is 11.4 Å². The third-order valence-electron chi connectivity index (χ3n) is 4.57. The zero-order valence-electron chi connectivity index (χ0n) is 14.2. The molecule has 0 atom stereocenters. The van der Waals surface area contributed by atoms with E-state index in [9.17, 15) is 13.2 Å². The summed E-state index contributed by atoms with van der Waals surface area (Å²) in [6.07, 6.45) is 0. The van der Waals surface area contributed by atoms with E-state index in [0.29, 0.717) is 21.2 Å². The van der Waals surface area contributed by atoms with Gasteiger partial charge < -0.3 is 5.32 Å². The van der Waals surface area contributed by atoms with E-state index in [4.69, 9.17) is 11.6 Å². The van der Waals surface area contributed by atoms with Gasteiger partial charge in [-0.25, -0.2) is 13.4 Å². The first kappa shape index (κ1) is 17.4. The Bertz CT molecular complexity index is 1380. The van der Waals surface area contributed by atoms with Crippen molar-refractivity contribution in [1.29, 1.82) is 0 Å². The van der Waals surface area contributed by atoms with Gasteiger partial charge in [0.05, 0.1) is 20.8 Å². The van der Waals surface area contributed by atoms with Gasteiger partial charge in [0.1, 0.15) is 6.54 Å². The fraction of sp³-hybridized carbons (Fsp3) is 0.0526. The largest absolute Gasteiger partial charge is 0.300 e. The summed E-state index contributed by atoms with van der Waals surface area (Å²) in [5, 5.41) is 5.15. The smallest absolute Gasteiger partial charge is 0.265 e. The Balaban J connectivity index is 1.46. The van der Waals surface area contributed by atoms with E-state index in [1.54, 1.807) is 42.5 Å². The summed E-state index contributed by atoms with van der Waals surface area (Å²) < 4.78 is 27.9. The maximum atomic E-state index is 12.9. The molecule has 1 aliphatic rings. The van der Waals surface area contributed by atoms with Gasteiger partial charge in [-0.15, -0.1) is 0 Å². The molecule has 9 heteroatoms. The Morgan fingerprint density at radius 2 is 1.93 bits per heavy atom. The summed E-state index contributed by atoms with van der Waals surface area (Å²) in [5.74, 6) is -0.460. The van der Waals surface area contributed by atoms with E-state index in [1.165, 1.54) is 11.3 Å². The Kier molecular flexibility index (Phi) is 3.84. The molecule has 0 bridgehead atoms. The van der Waals surface area contributed by atoms with Crippen molar-refractivity contribution >= 4 is 70.7 Å². The average Bonchev–Trinajstić information content (AvgIpc) is 3.14. The molecule has 1 aromatic heterocycles. The lowest BCUT2D eigenvalue weighted by Gasteiger charge is -2.17. The van der Waals surface area contributed by atoms with E-state index >= 15 is 0 Å². The first-order valence-electron chi connectivity index (χ1n) is 8.34. The van der Waals surface area contributed by atoms with Crippen LogP contribution in [-0.2, 0) is 14.8 Å². The fourth-order valence-corrected chi connectivity index (χ4v) is 6.19. The lowest BCUT2D eigenvalue weighted by Crippen LogP contribution is -2.35. The molecule has 2 heterocycles. The number of halogens is 1. The molecule has 0 saturated heterocycles. The molecule has 28 heavy (non-hydrogen) atoms. The summed E-state index contributed by atoms with van der Waals surface area (Å²) in [5.41, 5.74) is 1.23. The van der Waals surface area contributed by atoms with Crippen LogP contribution < -0.4 is 9.62 Å². The second-order valence-electron chi connectivity index (χ2n) is 6.32. The van der Waals surface area contributed by atoms with Crippen LogP contribution in [0.4, 0.5) is 10.8 Å². The van der Waals surface area contributed by atoms with Gasteiger partial charge in [-0.2, -0.15) is 0 Å². The summed E-state index contributed by atoms with van der Waals surface area (Å²) in [6, 6.07) is 15.7.